The van der Waals surface area contributed by atoms with Crippen LogP contribution in [0.2, 0.25) is 0 Å². The molecule has 1 aromatic rings. The number of aryl methyl sites for hydroxylation is 1. The van der Waals surface area contributed by atoms with Crippen LogP contribution in [0.25, 0.3) is 0 Å². The third kappa shape index (κ3) is 0.978. The van der Waals surface area contributed by atoms with Crippen molar-refractivity contribution in [2.45, 2.75) is 20.1 Å². The largest absolute Gasteiger partial charge is 0.508 e. The second-order valence-electron chi connectivity index (χ2n) is 2.89. The van der Waals surface area contributed by atoms with E-state index in [1.54, 1.807) is 12.1 Å². The lowest BCUT2D eigenvalue weighted by molar-refractivity contribution is 0.0675. The summed E-state index contributed by atoms with van der Waals surface area (Å²) in [5.41, 5.74) is 0.898. The van der Waals surface area contributed by atoms with Crippen molar-refractivity contribution < 1.29 is 14.6 Å². The molecule has 0 radical (unpaired) electrons. The zero-order valence-electron chi connectivity index (χ0n) is 7.00. The van der Waals surface area contributed by atoms with E-state index < -0.39 is 0 Å². The predicted octanol–water partition coefficient (Wildman–Crippen LogP) is 1.82. The van der Waals surface area contributed by atoms with Gasteiger partial charge in [-0.3, -0.25) is 0 Å². The van der Waals surface area contributed by atoms with E-state index in [1.165, 1.54) is 0 Å². The summed E-state index contributed by atoms with van der Waals surface area (Å²) in [6.07, 6.45) is -0.250. The number of fused-ring (bicyclic) bond motifs is 1. The average Bonchev–Trinajstić information content (AvgIpc) is 2.29. The first-order chi connectivity index (χ1) is 5.66. The molecule has 0 saturated heterocycles. The van der Waals surface area contributed by atoms with E-state index in [2.05, 4.69) is 0 Å². The van der Waals surface area contributed by atoms with Gasteiger partial charge in [-0.05, 0) is 18.6 Å². The van der Waals surface area contributed by atoms with Crippen molar-refractivity contribution in [2.75, 3.05) is 0 Å². The quantitative estimate of drug-likeness (QED) is 0.638. The van der Waals surface area contributed by atoms with Gasteiger partial charge >= 0.3 is 0 Å². The van der Waals surface area contributed by atoms with Gasteiger partial charge in [-0.25, -0.2) is 0 Å². The van der Waals surface area contributed by atoms with Gasteiger partial charge in [-0.2, -0.15) is 0 Å². The first-order valence-corrected chi connectivity index (χ1v) is 3.84. The first kappa shape index (κ1) is 7.28. The Kier molecular flexibility index (Phi) is 1.40. The average molecular weight is 166 g/mol. The van der Waals surface area contributed by atoms with Crippen LogP contribution in [-0.4, -0.2) is 11.4 Å². The fourth-order valence-electron chi connectivity index (χ4n) is 1.33. The smallest absolute Gasteiger partial charge is 0.238 e. The molecule has 1 atom stereocenters. The molecular formula is C9H10O3. The number of hydrogen-bond acceptors (Lipinski definition) is 3. The Hall–Kier alpha value is -1.38. The lowest BCUT2D eigenvalue weighted by Crippen LogP contribution is -2.11. The van der Waals surface area contributed by atoms with Crippen molar-refractivity contribution in [1.29, 1.82) is 0 Å². The van der Waals surface area contributed by atoms with Crippen molar-refractivity contribution in [3.05, 3.63) is 17.7 Å². The van der Waals surface area contributed by atoms with Crippen LogP contribution >= 0.6 is 0 Å². The number of ether oxygens (including phenoxy) is 2. The summed E-state index contributed by atoms with van der Waals surface area (Å²) in [6.45, 7) is 3.69. The van der Waals surface area contributed by atoms with Gasteiger partial charge in [-0.15, -0.1) is 0 Å². The SMILES string of the molecule is Cc1cc(O)cc2c1OC(C)O2. The summed E-state index contributed by atoms with van der Waals surface area (Å²) in [5, 5.41) is 9.23. The third-order valence-electron chi connectivity index (χ3n) is 1.80. The van der Waals surface area contributed by atoms with Crippen LogP contribution < -0.4 is 9.47 Å². The minimum atomic E-state index is -0.250. The molecule has 1 aliphatic heterocycles. The summed E-state index contributed by atoms with van der Waals surface area (Å²) in [4.78, 5) is 0. The fourth-order valence-corrected chi connectivity index (χ4v) is 1.33. The molecule has 0 amide bonds. The van der Waals surface area contributed by atoms with Gasteiger partial charge < -0.3 is 14.6 Å². The van der Waals surface area contributed by atoms with Crippen LogP contribution in [0.1, 0.15) is 12.5 Å². The highest BCUT2D eigenvalue weighted by molar-refractivity contribution is 5.52. The Bertz CT molecular complexity index is 320. The Labute approximate surface area is 70.5 Å². The number of phenols is 1. The summed E-state index contributed by atoms with van der Waals surface area (Å²) >= 11 is 0. The molecule has 2 rings (SSSR count). The van der Waals surface area contributed by atoms with E-state index in [1.807, 2.05) is 13.8 Å². The molecule has 3 nitrogen and oxygen atoms in total. The molecule has 1 aromatic carbocycles. The maximum absolute atomic E-state index is 9.23. The number of benzene rings is 1. The van der Waals surface area contributed by atoms with Crippen LogP contribution in [0.3, 0.4) is 0 Å². The van der Waals surface area contributed by atoms with Crippen molar-refractivity contribution >= 4 is 0 Å². The molecule has 1 aliphatic rings. The van der Waals surface area contributed by atoms with Gasteiger partial charge in [-0.1, -0.05) is 0 Å². The van der Waals surface area contributed by atoms with Crippen LogP contribution in [-0.2, 0) is 0 Å². The van der Waals surface area contributed by atoms with Crippen LogP contribution in [0.5, 0.6) is 17.2 Å². The number of aromatic hydroxyl groups is 1. The van der Waals surface area contributed by atoms with E-state index in [9.17, 15) is 5.11 Å². The second-order valence-corrected chi connectivity index (χ2v) is 2.89. The van der Waals surface area contributed by atoms with E-state index in [0.29, 0.717) is 5.75 Å². The van der Waals surface area contributed by atoms with E-state index in [4.69, 9.17) is 9.47 Å². The molecule has 0 bridgehead atoms. The van der Waals surface area contributed by atoms with Gasteiger partial charge in [0.1, 0.15) is 5.75 Å². The molecule has 3 heteroatoms. The van der Waals surface area contributed by atoms with Gasteiger partial charge in [0.15, 0.2) is 11.5 Å². The molecule has 0 fully saturated rings. The molecule has 1 unspecified atom stereocenters. The zero-order valence-corrected chi connectivity index (χ0v) is 7.00. The first-order valence-electron chi connectivity index (χ1n) is 3.84. The van der Waals surface area contributed by atoms with Crippen molar-refractivity contribution in [1.82, 2.24) is 0 Å². The highest BCUT2D eigenvalue weighted by atomic mass is 16.7. The maximum atomic E-state index is 9.23. The van der Waals surface area contributed by atoms with Gasteiger partial charge in [0, 0.05) is 13.0 Å². The standard InChI is InChI=1S/C9H10O3/c1-5-3-7(10)4-8-9(5)12-6(2)11-8/h3-4,6,10H,1-2H3. The lowest BCUT2D eigenvalue weighted by Gasteiger charge is -2.01. The Morgan fingerprint density at radius 2 is 2.08 bits per heavy atom. The molecule has 12 heavy (non-hydrogen) atoms. The topological polar surface area (TPSA) is 38.7 Å². The summed E-state index contributed by atoms with van der Waals surface area (Å²) in [6, 6.07) is 3.21. The fraction of sp³-hybridized carbons (Fsp3) is 0.333. The molecular weight excluding hydrogens is 156 g/mol. The molecule has 0 aromatic heterocycles. The van der Waals surface area contributed by atoms with Crippen LogP contribution in [0.4, 0.5) is 0 Å². The van der Waals surface area contributed by atoms with E-state index in [-0.39, 0.29) is 12.0 Å². The summed E-state index contributed by atoms with van der Waals surface area (Å²) < 4.78 is 10.6. The van der Waals surface area contributed by atoms with E-state index in [0.717, 1.165) is 11.3 Å². The van der Waals surface area contributed by atoms with Crippen LogP contribution in [0.15, 0.2) is 12.1 Å². The predicted molar refractivity (Wildman–Crippen MR) is 43.6 cm³/mol. The lowest BCUT2D eigenvalue weighted by atomic mass is 10.2. The maximum Gasteiger partial charge on any atom is 0.238 e. The summed E-state index contributed by atoms with van der Waals surface area (Å²) in [7, 11) is 0. The third-order valence-corrected chi connectivity index (χ3v) is 1.80. The second kappa shape index (κ2) is 2.30. The minimum absolute atomic E-state index is 0.212. The Morgan fingerprint density at radius 1 is 1.33 bits per heavy atom. The molecule has 0 aliphatic carbocycles. The number of hydrogen-bond donors (Lipinski definition) is 1. The van der Waals surface area contributed by atoms with Crippen molar-refractivity contribution in [3.63, 3.8) is 0 Å². The number of rotatable bonds is 0. The Morgan fingerprint density at radius 3 is 2.83 bits per heavy atom. The molecule has 0 saturated carbocycles. The highest BCUT2D eigenvalue weighted by Gasteiger charge is 2.22. The van der Waals surface area contributed by atoms with Crippen LogP contribution in [0, 0.1) is 6.92 Å². The van der Waals surface area contributed by atoms with Crippen molar-refractivity contribution in [2.24, 2.45) is 0 Å². The molecule has 1 heterocycles. The minimum Gasteiger partial charge on any atom is -0.508 e. The summed E-state index contributed by atoms with van der Waals surface area (Å²) in [5.74, 6) is 1.57. The molecule has 1 N–H and O–H groups in total. The molecule has 0 spiro atoms. The van der Waals surface area contributed by atoms with Gasteiger partial charge in [0.2, 0.25) is 6.29 Å². The Balaban J connectivity index is 2.52. The highest BCUT2D eigenvalue weighted by Crippen LogP contribution is 2.40. The van der Waals surface area contributed by atoms with Gasteiger partial charge in [0.05, 0.1) is 0 Å². The van der Waals surface area contributed by atoms with E-state index >= 15 is 0 Å². The zero-order chi connectivity index (χ0) is 8.72. The molecule has 64 valence electrons. The normalized spacial score (nSPS) is 19.7. The van der Waals surface area contributed by atoms with Gasteiger partial charge in [0.25, 0.3) is 0 Å². The number of phenolic OH excluding ortho intramolecular Hbond substituents is 1. The van der Waals surface area contributed by atoms with Crippen molar-refractivity contribution in [3.8, 4) is 17.2 Å². The monoisotopic (exact) mass is 166 g/mol.